The highest BCUT2D eigenvalue weighted by Gasteiger charge is 2.28. The molecule has 7 heteroatoms. The zero-order valence-electron chi connectivity index (χ0n) is 9.22. The van der Waals surface area contributed by atoms with Gasteiger partial charge in [0.25, 0.3) is 0 Å². The van der Waals surface area contributed by atoms with Gasteiger partial charge in [0.15, 0.2) is 10.8 Å². The van der Waals surface area contributed by atoms with E-state index in [4.69, 9.17) is 16.7 Å². The van der Waals surface area contributed by atoms with Crippen LogP contribution in [0.3, 0.4) is 0 Å². The SMILES string of the molecule is Cn1c(C2CCC2)nn2c(Cl)c(C(=O)O)nc12. The minimum atomic E-state index is -1.13. The number of hydrogen-bond donors (Lipinski definition) is 1. The second-order valence-corrected chi connectivity index (χ2v) is 4.67. The van der Waals surface area contributed by atoms with Crippen molar-refractivity contribution in [1.29, 1.82) is 0 Å². The maximum absolute atomic E-state index is 10.9. The van der Waals surface area contributed by atoms with Crippen molar-refractivity contribution in [2.75, 3.05) is 0 Å². The molecular formula is C10H11ClN4O2. The predicted molar refractivity (Wildman–Crippen MR) is 60.5 cm³/mol. The number of carboxylic acid groups (broad SMARTS) is 1. The Balaban J connectivity index is 2.18. The van der Waals surface area contributed by atoms with E-state index in [-0.39, 0.29) is 10.8 Å². The first-order valence-electron chi connectivity index (χ1n) is 5.43. The Hall–Kier alpha value is -1.56. The summed E-state index contributed by atoms with van der Waals surface area (Å²) in [5.41, 5.74) is -0.148. The van der Waals surface area contributed by atoms with E-state index in [1.165, 1.54) is 10.9 Å². The summed E-state index contributed by atoms with van der Waals surface area (Å²) in [7, 11) is 1.84. The summed E-state index contributed by atoms with van der Waals surface area (Å²) < 4.78 is 3.22. The molecule has 0 bridgehead atoms. The summed E-state index contributed by atoms with van der Waals surface area (Å²) >= 11 is 5.95. The fourth-order valence-electron chi connectivity index (χ4n) is 2.12. The van der Waals surface area contributed by atoms with Crippen molar-refractivity contribution in [3.63, 3.8) is 0 Å². The standard InChI is InChI=1S/C10H11ClN4O2/c1-14-8(5-3-2-4-5)13-15-7(11)6(9(16)17)12-10(14)15/h5H,2-4H2,1H3,(H,16,17). The number of carboxylic acids is 1. The van der Waals surface area contributed by atoms with Gasteiger partial charge in [-0.05, 0) is 12.8 Å². The van der Waals surface area contributed by atoms with E-state index in [0.717, 1.165) is 18.7 Å². The third-order valence-electron chi connectivity index (χ3n) is 3.30. The number of aromatic nitrogens is 4. The number of hydrogen-bond acceptors (Lipinski definition) is 3. The van der Waals surface area contributed by atoms with Crippen LogP contribution < -0.4 is 0 Å². The topological polar surface area (TPSA) is 72.4 Å². The first kappa shape index (κ1) is 10.6. The lowest BCUT2D eigenvalue weighted by atomic mass is 9.85. The second kappa shape index (κ2) is 3.46. The average Bonchev–Trinajstić information content (AvgIpc) is 2.66. The number of aryl methyl sites for hydroxylation is 1. The van der Waals surface area contributed by atoms with E-state index >= 15 is 0 Å². The molecule has 17 heavy (non-hydrogen) atoms. The minimum absolute atomic E-state index is 0.0636. The van der Waals surface area contributed by atoms with E-state index < -0.39 is 5.97 Å². The molecule has 1 aliphatic carbocycles. The Morgan fingerprint density at radius 1 is 1.53 bits per heavy atom. The quantitative estimate of drug-likeness (QED) is 0.885. The number of nitrogens with zero attached hydrogens (tertiary/aromatic N) is 4. The maximum atomic E-state index is 10.9. The summed E-state index contributed by atoms with van der Waals surface area (Å²) in [5.74, 6) is 0.726. The molecule has 0 atom stereocenters. The van der Waals surface area contributed by atoms with Gasteiger partial charge in [0.05, 0.1) is 0 Å². The number of halogens is 1. The molecule has 0 aromatic carbocycles. The van der Waals surface area contributed by atoms with Crippen LogP contribution in [0, 0.1) is 0 Å². The number of aromatic carboxylic acids is 1. The van der Waals surface area contributed by atoms with E-state index in [9.17, 15) is 4.79 Å². The van der Waals surface area contributed by atoms with Gasteiger partial charge in [-0.2, -0.15) is 9.61 Å². The molecule has 0 radical (unpaired) electrons. The summed E-state index contributed by atoms with van der Waals surface area (Å²) in [6.07, 6.45) is 3.46. The molecule has 1 fully saturated rings. The number of rotatable bonds is 2. The fraction of sp³-hybridized carbons (Fsp3) is 0.500. The summed E-state index contributed by atoms with van der Waals surface area (Å²) in [6.45, 7) is 0. The van der Waals surface area contributed by atoms with E-state index in [1.807, 2.05) is 11.6 Å². The zero-order valence-corrected chi connectivity index (χ0v) is 9.98. The first-order chi connectivity index (χ1) is 8.09. The van der Waals surface area contributed by atoms with Crippen molar-refractivity contribution >= 4 is 23.3 Å². The molecule has 0 saturated heterocycles. The van der Waals surface area contributed by atoms with Crippen LogP contribution in [-0.4, -0.2) is 30.2 Å². The molecule has 1 aliphatic rings. The van der Waals surface area contributed by atoms with Crippen molar-refractivity contribution in [3.05, 3.63) is 16.7 Å². The molecule has 0 spiro atoms. The van der Waals surface area contributed by atoms with Crippen molar-refractivity contribution in [2.45, 2.75) is 25.2 Å². The minimum Gasteiger partial charge on any atom is -0.476 e. The molecule has 90 valence electrons. The van der Waals surface area contributed by atoms with Gasteiger partial charge in [0.2, 0.25) is 5.78 Å². The summed E-state index contributed by atoms with van der Waals surface area (Å²) in [6, 6.07) is 0. The number of imidazole rings is 1. The predicted octanol–water partition coefficient (Wildman–Crippen LogP) is 1.69. The average molecular weight is 255 g/mol. The van der Waals surface area contributed by atoms with E-state index in [2.05, 4.69) is 10.1 Å². The molecule has 3 rings (SSSR count). The van der Waals surface area contributed by atoms with Crippen molar-refractivity contribution in [3.8, 4) is 0 Å². The van der Waals surface area contributed by atoms with Crippen LogP contribution in [0.2, 0.25) is 5.15 Å². The Labute approximate surface area is 102 Å². The normalized spacial score (nSPS) is 16.4. The van der Waals surface area contributed by atoms with Gasteiger partial charge in [-0.15, -0.1) is 0 Å². The molecule has 6 nitrogen and oxygen atoms in total. The lowest BCUT2D eigenvalue weighted by Gasteiger charge is -2.23. The maximum Gasteiger partial charge on any atom is 0.357 e. The second-order valence-electron chi connectivity index (χ2n) is 4.31. The molecule has 0 aliphatic heterocycles. The van der Waals surface area contributed by atoms with Crippen LogP contribution in [0.5, 0.6) is 0 Å². The van der Waals surface area contributed by atoms with E-state index in [0.29, 0.717) is 11.7 Å². The van der Waals surface area contributed by atoms with Gasteiger partial charge >= 0.3 is 5.97 Å². The smallest absolute Gasteiger partial charge is 0.357 e. The van der Waals surface area contributed by atoms with Crippen LogP contribution in [0.1, 0.15) is 41.5 Å². The van der Waals surface area contributed by atoms with Crippen LogP contribution in [-0.2, 0) is 7.05 Å². The van der Waals surface area contributed by atoms with Gasteiger partial charge in [0, 0.05) is 13.0 Å². The Kier molecular flexibility index (Phi) is 2.16. The largest absolute Gasteiger partial charge is 0.476 e. The molecule has 0 amide bonds. The molecular weight excluding hydrogens is 244 g/mol. The third kappa shape index (κ3) is 1.37. The lowest BCUT2D eigenvalue weighted by molar-refractivity contribution is 0.0691. The number of fused-ring (bicyclic) bond motifs is 1. The molecule has 0 unspecified atom stereocenters. The Morgan fingerprint density at radius 3 is 2.71 bits per heavy atom. The van der Waals surface area contributed by atoms with Gasteiger partial charge in [-0.1, -0.05) is 18.0 Å². The highest BCUT2D eigenvalue weighted by Crippen LogP contribution is 2.36. The molecule has 2 aromatic rings. The van der Waals surface area contributed by atoms with Gasteiger partial charge in [-0.3, -0.25) is 4.57 Å². The monoisotopic (exact) mass is 254 g/mol. The molecule has 1 N–H and O–H groups in total. The first-order valence-corrected chi connectivity index (χ1v) is 5.81. The van der Waals surface area contributed by atoms with Crippen molar-refractivity contribution in [2.24, 2.45) is 7.05 Å². The molecule has 2 aromatic heterocycles. The number of carbonyl (C=O) groups is 1. The van der Waals surface area contributed by atoms with Gasteiger partial charge in [-0.25, -0.2) is 9.78 Å². The van der Waals surface area contributed by atoms with Crippen LogP contribution in [0.4, 0.5) is 0 Å². The molecule has 1 saturated carbocycles. The zero-order chi connectivity index (χ0) is 12.2. The highest BCUT2D eigenvalue weighted by atomic mass is 35.5. The van der Waals surface area contributed by atoms with Crippen LogP contribution >= 0.6 is 11.6 Å². The third-order valence-corrected chi connectivity index (χ3v) is 3.64. The highest BCUT2D eigenvalue weighted by molar-refractivity contribution is 6.32. The summed E-state index contributed by atoms with van der Waals surface area (Å²) in [4.78, 5) is 14.9. The van der Waals surface area contributed by atoms with E-state index in [1.54, 1.807) is 0 Å². The lowest BCUT2D eigenvalue weighted by Crippen LogP contribution is -2.14. The van der Waals surface area contributed by atoms with Crippen LogP contribution in [0.25, 0.3) is 5.78 Å². The summed E-state index contributed by atoms with van der Waals surface area (Å²) in [5, 5.41) is 13.3. The fourth-order valence-corrected chi connectivity index (χ4v) is 2.35. The Morgan fingerprint density at radius 2 is 2.24 bits per heavy atom. The Bertz CT molecular complexity index is 611. The molecule has 2 heterocycles. The van der Waals surface area contributed by atoms with Gasteiger partial charge < -0.3 is 5.11 Å². The van der Waals surface area contributed by atoms with Crippen molar-refractivity contribution in [1.82, 2.24) is 19.2 Å². The van der Waals surface area contributed by atoms with Crippen LogP contribution in [0.15, 0.2) is 0 Å². The van der Waals surface area contributed by atoms with Gasteiger partial charge in [0.1, 0.15) is 5.82 Å². The van der Waals surface area contributed by atoms with Crippen molar-refractivity contribution < 1.29 is 9.90 Å².